The highest BCUT2D eigenvalue weighted by Crippen LogP contribution is 2.05. The summed E-state index contributed by atoms with van der Waals surface area (Å²) < 4.78 is 8.98. The molecule has 0 unspecified atom stereocenters. The molecule has 0 atom stereocenters. The molecule has 0 aromatic heterocycles. The van der Waals surface area contributed by atoms with Gasteiger partial charge in [0.25, 0.3) is 0 Å². The highest BCUT2D eigenvalue weighted by molar-refractivity contribution is 5.83. The van der Waals surface area contributed by atoms with E-state index in [4.69, 9.17) is 5.73 Å². The second-order valence-electron chi connectivity index (χ2n) is 2.27. The van der Waals surface area contributed by atoms with Gasteiger partial charge in [0.2, 0.25) is 0 Å². The third-order valence-electron chi connectivity index (χ3n) is 0.940. The van der Waals surface area contributed by atoms with Crippen molar-refractivity contribution in [3.05, 3.63) is 25.3 Å². The molecular weight excluding hydrogens is 174 g/mol. The predicted octanol–water partition coefficient (Wildman–Crippen LogP) is 0.0772. The minimum Gasteiger partial charge on any atom is -0.406 e. The van der Waals surface area contributed by atoms with Gasteiger partial charge in [0.1, 0.15) is 0 Å². The van der Waals surface area contributed by atoms with Crippen LogP contribution in [0.2, 0.25) is 0 Å². The Kier molecular flexibility index (Phi) is 3.87. The Morgan fingerprint density at radius 1 is 1.23 bits per heavy atom. The number of hydrogen-bond acceptors (Lipinski definition) is 5. The Balaban J connectivity index is 4.22. The van der Waals surface area contributed by atoms with E-state index < -0.39 is 17.8 Å². The molecule has 5 nitrogen and oxygen atoms in total. The monoisotopic (exact) mass is 185 g/mol. The molecule has 0 rings (SSSR count). The van der Waals surface area contributed by atoms with Crippen molar-refractivity contribution in [2.24, 2.45) is 5.73 Å². The van der Waals surface area contributed by atoms with Crippen molar-refractivity contribution in [2.45, 2.75) is 12.8 Å². The third-order valence-corrected chi connectivity index (χ3v) is 0.940. The van der Waals surface area contributed by atoms with Gasteiger partial charge in [-0.1, -0.05) is 13.2 Å². The van der Waals surface area contributed by atoms with E-state index in [1.54, 1.807) is 0 Å². The summed E-state index contributed by atoms with van der Waals surface area (Å²) in [6, 6.07) is 0. The quantitative estimate of drug-likeness (QED) is 0.381. The van der Waals surface area contributed by atoms with Crippen LogP contribution in [0.1, 0.15) is 6.92 Å². The number of carbonyl (C=O) groups is 2. The van der Waals surface area contributed by atoms with Gasteiger partial charge in [-0.2, -0.15) is 0 Å². The van der Waals surface area contributed by atoms with Crippen LogP contribution >= 0.6 is 0 Å². The molecule has 0 spiro atoms. The van der Waals surface area contributed by atoms with E-state index in [2.05, 4.69) is 22.6 Å². The van der Waals surface area contributed by atoms with Gasteiger partial charge in [-0.25, -0.2) is 9.59 Å². The Bertz CT molecular complexity index is 221. The molecule has 0 saturated heterocycles. The smallest absolute Gasteiger partial charge is 0.334 e. The molecule has 2 N–H and O–H groups in total. The van der Waals surface area contributed by atoms with Crippen LogP contribution < -0.4 is 5.73 Å². The summed E-state index contributed by atoms with van der Waals surface area (Å²) in [6.45, 7) is 7.52. The summed E-state index contributed by atoms with van der Waals surface area (Å²) in [7, 11) is 0. The Morgan fingerprint density at radius 3 is 1.77 bits per heavy atom. The van der Waals surface area contributed by atoms with Gasteiger partial charge in [-0.15, -0.1) is 0 Å². The van der Waals surface area contributed by atoms with Crippen LogP contribution in [-0.4, -0.2) is 17.8 Å². The summed E-state index contributed by atoms with van der Waals surface area (Å²) in [5.74, 6) is -3.35. The molecular formula is C8H11NO4. The largest absolute Gasteiger partial charge is 0.406 e. The van der Waals surface area contributed by atoms with Crippen molar-refractivity contribution in [3.8, 4) is 0 Å². The fraction of sp³-hybridized carbons (Fsp3) is 0.250. The maximum absolute atomic E-state index is 10.7. The Labute approximate surface area is 75.8 Å². The summed E-state index contributed by atoms with van der Waals surface area (Å²) >= 11 is 0. The van der Waals surface area contributed by atoms with Crippen molar-refractivity contribution in [1.82, 2.24) is 0 Å². The number of rotatable bonds is 4. The maximum atomic E-state index is 10.7. The van der Waals surface area contributed by atoms with Crippen LogP contribution in [0.5, 0.6) is 0 Å². The average Bonchev–Trinajstić information content (AvgIpc) is 2.02. The molecule has 0 bridgehead atoms. The van der Waals surface area contributed by atoms with E-state index in [0.29, 0.717) is 0 Å². The maximum Gasteiger partial charge on any atom is 0.334 e. The van der Waals surface area contributed by atoms with Crippen molar-refractivity contribution < 1.29 is 19.1 Å². The number of carbonyl (C=O) groups excluding carboxylic acids is 2. The predicted molar refractivity (Wildman–Crippen MR) is 45.2 cm³/mol. The van der Waals surface area contributed by atoms with Gasteiger partial charge in [0, 0.05) is 19.1 Å². The van der Waals surface area contributed by atoms with E-state index in [0.717, 1.165) is 12.2 Å². The lowest BCUT2D eigenvalue weighted by Gasteiger charge is -2.22. The van der Waals surface area contributed by atoms with Gasteiger partial charge in [0.15, 0.2) is 0 Å². The van der Waals surface area contributed by atoms with Crippen LogP contribution in [0.15, 0.2) is 25.3 Å². The molecule has 0 saturated carbocycles. The van der Waals surface area contributed by atoms with Crippen LogP contribution in [0.3, 0.4) is 0 Å². The zero-order valence-electron chi connectivity index (χ0n) is 7.28. The minimum absolute atomic E-state index is 0.776. The average molecular weight is 185 g/mol. The van der Waals surface area contributed by atoms with Gasteiger partial charge in [-0.3, -0.25) is 5.73 Å². The summed E-state index contributed by atoms with van der Waals surface area (Å²) in [5.41, 5.74) is 5.29. The van der Waals surface area contributed by atoms with E-state index in [-0.39, 0.29) is 0 Å². The van der Waals surface area contributed by atoms with Crippen molar-refractivity contribution in [3.63, 3.8) is 0 Å². The highest BCUT2D eigenvalue weighted by Gasteiger charge is 2.26. The van der Waals surface area contributed by atoms with Crippen molar-refractivity contribution >= 4 is 11.9 Å². The van der Waals surface area contributed by atoms with Gasteiger partial charge in [-0.05, 0) is 0 Å². The SMILES string of the molecule is C=CC(=O)OC(C)(N)OC(=O)C=C. The third kappa shape index (κ3) is 4.76. The number of nitrogens with two attached hydrogens (primary N) is 1. The lowest BCUT2D eigenvalue weighted by Crippen LogP contribution is -2.45. The molecule has 5 heteroatoms. The number of hydrogen-bond donors (Lipinski definition) is 1. The fourth-order valence-corrected chi connectivity index (χ4v) is 0.504. The number of ether oxygens (including phenoxy) is 2. The zero-order chi connectivity index (χ0) is 10.5. The summed E-state index contributed by atoms with van der Waals surface area (Å²) in [4.78, 5) is 21.3. The summed E-state index contributed by atoms with van der Waals surface area (Å²) in [6.07, 6.45) is 1.82. The van der Waals surface area contributed by atoms with Crippen LogP contribution in [0.25, 0.3) is 0 Å². The first-order valence-electron chi connectivity index (χ1n) is 3.41. The van der Waals surface area contributed by atoms with E-state index >= 15 is 0 Å². The minimum atomic E-state index is -1.80. The second-order valence-corrected chi connectivity index (χ2v) is 2.27. The first-order chi connectivity index (χ1) is 5.91. The molecule has 0 fully saturated rings. The van der Waals surface area contributed by atoms with E-state index in [1.165, 1.54) is 6.92 Å². The molecule has 0 aromatic carbocycles. The first kappa shape index (κ1) is 11.4. The lowest BCUT2D eigenvalue weighted by atomic mass is 10.5. The van der Waals surface area contributed by atoms with Crippen LogP contribution in [0, 0.1) is 0 Å². The zero-order valence-corrected chi connectivity index (χ0v) is 7.28. The molecule has 0 aromatic rings. The van der Waals surface area contributed by atoms with Crippen molar-refractivity contribution in [2.75, 3.05) is 0 Å². The molecule has 0 aliphatic carbocycles. The molecule has 0 aliphatic heterocycles. The van der Waals surface area contributed by atoms with Gasteiger partial charge >= 0.3 is 17.8 Å². The molecule has 72 valence electrons. The Morgan fingerprint density at radius 2 is 1.54 bits per heavy atom. The standard InChI is InChI=1S/C8H11NO4/c1-4-6(10)12-8(3,9)13-7(11)5-2/h4-5H,1-2,9H2,3H3. The van der Waals surface area contributed by atoms with Crippen LogP contribution in [-0.2, 0) is 19.1 Å². The normalized spacial score (nSPS) is 10.0. The lowest BCUT2D eigenvalue weighted by molar-refractivity contribution is -0.213. The summed E-state index contributed by atoms with van der Waals surface area (Å²) in [5, 5.41) is 0. The Hall–Kier alpha value is -1.62. The highest BCUT2D eigenvalue weighted by atomic mass is 16.7. The molecule has 0 heterocycles. The second kappa shape index (κ2) is 4.42. The number of esters is 2. The molecule has 13 heavy (non-hydrogen) atoms. The first-order valence-corrected chi connectivity index (χ1v) is 3.41. The topological polar surface area (TPSA) is 78.6 Å². The van der Waals surface area contributed by atoms with Gasteiger partial charge in [0.05, 0.1) is 0 Å². The van der Waals surface area contributed by atoms with E-state index in [9.17, 15) is 9.59 Å². The van der Waals surface area contributed by atoms with E-state index in [1.807, 2.05) is 0 Å². The molecule has 0 aliphatic rings. The fourth-order valence-electron chi connectivity index (χ4n) is 0.504. The van der Waals surface area contributed by atoms with Gasteiger partial charge < -0.3 is 9.47 Å². The van der Waals surface area contributed by atoms with Crippen LogP contribution in [0.4, 0.5) is 0 Å². The molecule has 0 amide bonds. The van der Waals surface area contributed by atoms with Crippen molar-refractivity contribution in [1.29, 1.82) is 0 Å². The molecule has 0 radical (unpaired) electrons.